The molecule has 5 amide bonds. The number of benzene rings is 2. The molecular weight excluding hydrogens is 598 g/mol. The van der Waals surface area contributed by atoms with Gasteiger partial charge in [-0.15, -0.1) is 0 Å². The Morgan fingerprint density at radius 3 is 2.23 bits per heavy atom. The Bertz CT molecular complexity index is 1330. The standard InChI is InChI=1S/C36H51N5O6/c1-24(2)20-28-36(46)41-29(21-26-14-8-7-9-15-26)34(44)37-18-12-5-6-13-19-47-31-17-11-10-16-27(31)33(43)40-30(22-32(42)39-28)35(45)38-23-25(3)4/h7-11,14-17,24-25,28-30H,5-6,12-13,18-23H2,1-4H3,(H,37,44)(H,38,45)(H,39,42)(H,40,43)(H,41,46)/t28-,29-,30-/m0/s1. The topological polar surface area (TPSA) is 155 Å². The van der Waals surface area contributed by atoms with E-state index in [2.05, 4.69) is 26.6 Å². The lowest BCUT2D eigenvalue weighted by Gasteiger charge is -2.25. The summed E-state index contributed by atoms with van der Waals surface area (Å²) in [4.78, 5) is 67.2. The molecule has 0 radical (unpaired) electrons. The second kappa shape index (κ2) is 19.3. The summed E-state index contributed by atoms with van der Waals surface area (Å²) in [6.45, 7) is 8.93. The first kappa shape index (κ1) is 37.1. The van der Waals surface area contributed by atoms with Crippen LogP contribution in [0.15, 0.2) is 54.6 Å². The van der Waals surface area contributed by atoms with E-state index in [1.807, 2.05) is 58.0 Å². The van der Waals surface area contributed by atoms with Crippen LogP contribution in [-0.4, -0.2) is 67.4 Å². The van der Waals surface area contributed by atoms with Crippen LogP contribution >= 0.6 is 0 Å². The minimum atomic E-state index is -1.21. The Hall–Kier alpha value is -4.41. The third kappa shape index (κ3) is 13.1. The number of carbonyl (C=O) groups excluding carboxylic acids is 5. The lowest BCUT2D eigenvalue weighted by Crippen LogP contribution is -2.56. The zero-order chi connectivity index (χ0) is 34.2. The van der Waals surface area contributed by atoms with Gasteiger partial charge in [0.2, 0.25) is 23.6 Å². The van der Waals surface area contributed by atoms with Gasteiger partial charge in [0.1, 0.15) is 23.9 Å². The predicted molar refractivity (Wildman–Crippen MR) is 181 cm³/mol. The van der Waals surface area contributed by atoms with E-state index in [1.165, 1.54) is 0 Å². The van der Waals surface area contributed by atoms with Gasteiger partial charge in [0, 0.05) is 19.5 Å². The Labute approximate surface area is 278 Å². The average molecular weight is 650 g/mol. The molecule has 2 aromatic carbocycles. The van der Waals surface area contributed by atoms with Crippen LogP contribution in [0, 0.1) is 11.8 Å². The molecule has 0 fully saturated rings. The molecule has 47 heavy (non-hydrogen) atoms. The van der Waals surface area contributed by atoms with E-state index in [0.29, 0.717) is 31.9 Å². The van der Waals surface area contributed by atoms with Crippen molar-refractivity contribution >= 4 is 29.5 Å². The molecule has 0 aliphatic carbocycles. The van der Waals surface area contributed by atoms with E-state index < -0.39 is 48.2 Å². The molecule has 1 aliphatic heterocycles. The minimum Gasteiger partial charge on any atom is -0.493 e. The number of nitrogens with one attached hydrogen (secondary N) is 5. The Balaban J connectivity index is 1.89. The van der Waals surface area contributed by atoms with E-state index in [0.717, 1.165) is 31.2 Å². The smallest absolute Gasteiger partial charge is 0.255 e. The molecule has 0 spiro atoms. The molecule has 1 heterocycles. The summed E-state index contributed by atoms with van der Waals surface area (Å²) in [6, 6.07) is 13.2. The highest BCUT2D eigenvalue weighted by atomic mass is 16.5. The number of fused-ring (bicyclic) bond motifs is 1. The van der Waals surface area contributed by atoms with Crippen LogP contribution in [0.2, 0.25) is 0 Å². The van der Waals surface area contributed by atoms with Gasteiger partial charge in [-0.1, -0.05) is 83.0 Å². The molecule has 0 saturated heterocycles. The zero-order valence-electron chi connectivity index (χ0n) is 28.1. The molecule has 0 saturated carbocycles. The number of hydrogen-bond acceptors (Lipinski definition) is 6. The first-order valence-electron chi connectivity index (χ1n) is 16.7. The van der Waals surface area contributed by atoms with Crippen LogP contribution in [-0.2, 0) is 25.6 Å². The quantitative estimate of drug-likeness (QED) is 0.310. The lowest BCUT2D eigenvalue weighted by atomic mass is 10.0. The summed E-state index contributed by atoms with van der Waals surface area (Å²) in [5, 5.41) is 14.1. The van der Waals surface area contributed by atoms with E-state index in [4.69, 9.17) is 4.74 Å². The van der Waals surface area contributed by atoms with Gasteiger partial charge in [0.05, 0.1) is 18.6 Å². The van der Waals surface area contributed by atoms with Crippen LogP contribution in [0.5, 0.6) is 5.75 Å². The Morgan fingerprint density at radius 2 is 1.51 bits per heavy atom. The van der Waals surface area contributed by atoms with E-state index in [-0.39, 0.29) is 29.7 Å². The molecule has 11 nitrogen and oxygen atoms in total. The third-order valence-electron chi connectivity index (χ3n) is 7.73. The van der Waals surface area contributed by atoms with Gasteiger partial charge in [0.25, 0.3) is 5.91 Å². The van der Waals surface area contributed by atoms with E-state index >= 15 is 0 Å². The van der Waals surface area contributed by atoms with Crippen LogP contribution in [0.1, 0.15) is 82.1 Å². The molecule has 256 valence electrons. The molecule has 2 aromatic rings. The minimum absolute atomic E-state index is 0.0308. The van der Waals surface area contributed by atoms with E-state index in [1.54, 1.807) is 24.3 Å². The van der Waals surface area contributed by atoms with Crippen molar-refractivity contribution in [1.29, 1.82) is 0 Å². The van der Waals surface area contributed by atoms with Gasteiger partial charge in [-0.05, 0) is 48.8 Å². The van der Waals surface area contributed by atoms with Crippen LogP contribution < -0.4 is 31.3 Å². The largest absolute Gasteiger partial charge is 0.493 e. The van der Waals surface area contributed by atoms with Crippen molar-refractivity contribution in [3.05, 3.63) is 65.7 Å². The maximum atomic E-state index is 13.7. The number of hydrogen-bond donors (Lipinski definition) is 5. The van der Waals surface area contributed by atoms with Gasteiger partial charge in [-0.2, -0.15) is 0 Å². The van der Waals surface area contributed by atoms with Gasteiger partial charge >= 0.3 is 0 Å². The van der Waals surface area contributed by atoms with Crippen LogP contribution in [0.3, 0.4) is 0 Å². The van der Waals surface area contributed by atoms with Crippen molar-refractivity contribution in [3.8, 4) is 5.75 Å². The maximum Gasteiger partial charge on any atom is 0.255 e. The highest BCUT2D eigenvalue weighted by Crippen LogP contribution is 2.19. The first-order chi connectivity index (χ1) is 22.5. The van der Waals surface area contributed by atoms with Crippen LogP contribution in [0.25, 0.3) is 0 Å². The molecule has 3 atom stereocenters. The molecule has 1 aliphatic rings. The van der Waals surface area contributed by atoms with Crippen molar-refractivity contribution < 1.29 is 28.7 Å². The van der Waals surface area contributed by atoms with Crippen molar-refractivity contribution in [2.24, 2.45) is 11.8 Å². The SMILES string of the molecule is CC(C)CNC(=O)[C@@H]1CC(=O)N[C@@H](CC(C)C)C(=O)N[C@@H](Cc2ccccc2)C(=O)NCCCCCCOc2ccccc2C(=O)N1. The van der Waals surface area contributed by atoms with Crippen molar-refractivity contribution in [1.82, 2.24) is 26.6 Å². The van der Waals surface area contributed by atoms with Crippen molar-refractivity contribution in [3.63, 3.8) is 0 Å². The summed E-state index contributed by atoms with van der Waals surface area (Å²) in [5.41, 5.74) is 1.14. The van der Waals surface area contributed by atoms with Gasteiger partial charge in [-0.3, -0.25) is 24.0 Å². The highest BCUT2D eigenvalue weighted by molar-refractivity contribution is 6.01. The Kier molecular flexibility index (Phi) is 15.2. The molecular formula is C36H51N5O6. The second-order valence-electron chi connectivity index (χ2n) is 12.9. The molecule has 11 heteroatoms. The van der Waals surface area contributed by atoms with Gasteiger partial charge in [-0.25, -0.2) is 0 Å². The summed E-state index contributed by atoms with van der Waals surface area (Å²) in [5.74, 6) is -1.88. The summed E-state index contributed by atoms with van der Waals surface area (Å²) < 4.78 is 5.95. The monoisotopic (exact) mass is 649 g/mol. The molecule has 0 unspecified atom stereocenters. The summed E-state index contributed by atoms with van der Waals surface area (Å²) in [7, 11) is 0. The normalized spacial score (nSPS) is 20.9. The second-order valence-corrected chi connectivity index (χ2v) is 12.9. The van der Waals surface area contributed by atoms with Crippen molar-refractivity contribution in [2.45, 2.75) is 90.8 Å². The highest BCUT2D eigenvalue weighted by Gasteiger charge is 2.30. The van der Waals surface area contributed by atoms with Crippen molar-refractivity contribution in [2.75, 3.05) is 19.7 Å². The van der Waals surface area contributed by atoms with Crippen LogP contribution in [0.4, 0.5) is 0 Å². The first-order valence-corrected chi connectivity index (χ1v) is 16.7. The number of rotatable bonds is 7. The maximum absolute atomic E-state index is 13.7. The number of amides is 5. The Morgan fingerprint density at radius 1 is 0.809 bits per heavy atom. The fourth-order valence-electron chi connectivity index (χ4n) is 5.22. The molecule has 3 rings (SSSR count). The summed E-state index contributed by atoms with van der Waals surface area (Å²) >= 11 is 0. The zero-order valence-corrected chi connectivity index (χ0v) is 28.1. The average Bonchev–Trinajstić information content (AvgIpc) is 3.03. The molecule has 0 aromatic heterocycles. The lowest BCUT2D eigenvalue weighted by molar-refractivity contribution is -0.133. The predicted octanol–water partition coefficient (Wildman–Crippen LogP) is 3.27. The van der Waals surface area contributed by atoms with E-state index in [9.17, 15) is 24.0 Å². The molecule has 0 bridgehead atoms. The number of carbonyl (C=O) groups is 5. The third-order valence-corrected chi connectivity index (χ3v) is 7.73. The fraction of sp³-hybridized carbons (Fsp3) is 0.528. The number of para-hydroxylation sites is 1. The molecule has 5 N–H and O–H groups in total. The number of ether oxygens (including phenoxy) is 1. The fourth-order valence-corrected chi connectivity index (χ4v) is 5.22. The van der Waals surface area contributed by atoms with Gasteiger partial charge in [0.15, 0.2) is 0 Å². The summed E-state index contributed by atoms with van der Waals surface area (Å²) in [6.07, 6.45) is 3.40. The van der Waals surface area contributed by atoms with Gasteiger partial charge < -0.3 is 31.3 Å².